The van der Waals surface area contributed by atoms with E-state index in [1.54, 1.807) is 6.07 Å². The fourth-order valence-electron chi connectivity index (χ4n) is 2.68. The summed E-state index contributed by atoms with van der Waals surface area (Å²) in [7, 11) is 0. The summed E-state index contributed by atoms with van der Waals surface area (Å²) in [5, 5.41) is 6.53. The third-order valence-electron chi connectivity index (χ3n) is 3.87. The summed E-state index contributed by atoms with van der Waals surface area (Å²) in [4.78, 5) is 25.9. The smallest absolute Gasteiger partial charge is 0.291 e. The summed E-state index contributed by atoms with van der Waals surface area (Å²) >= 11 is 0. The minimum absolute atomic E-state index is 0.0330. The Morgan fingerprint density at radius 3 is 2.68 bits per heavy atom. The molecule has 0 aliphatic carbocycles. The van der Waals surface area contributed by atoms with Gasteiger partial charge in [0, 0.05) is 39.1 Å². The average Bonchev–Trinajstić information content (AvgIpc) is 3.28. The highest BCUT2D eigenvalue weighted by Gasteiger charge is 2.12. The van der Waals surface area contributed by atoms with Crippen LogP contribution in [0.4, 0.5) is 11.6 Å². The number of anilines is 1. The molecule has 6 heteroatoms. The molecule has 2 aromatic carbocycles. The second-order valence-corrected chi connectivity index (χ2v) is 5.53. The maximum atomic E-state index is 12.2. The van der Waals surface area contributed by atoms with Gasteiger partial charge in [0.25, 0.3) is 11.8 Å². The third kappa shape index (κ3) is 2.92. The molecule has 25 heavy (non-hydrogen) atoms. The van der Waals surface area contributed by atoms with E-state index in [-0.39, 0.29) is 11.6 Å². The maximum absolute atomic E-state index is 12.2. The molecule has 122 valence electrons. The van der Waals surface area contributed by atoms with E-state index in [0.717, 1.165) is 22.2 Å². The molecular formula is C19H13N3O3. The number of nitrogens with one attached hydrogen (secondary N) is 2. The molecule has 0 spiro atoms. The van der Waals surface area contributed by atoms with Crippen molar-refractivity contribution >= 4 is 28.4 Å². The summed E-state index contributed by atoms with van der Waals surface area (Å²) in [5.41, 5.74) is 3.58. The molecule has 0 radical (unpaired) electrons. The van der Waals surface area contributed by atoms with E-state index >= 15 is 0 Å². The van der Waals surface area contributed by atoms with Gasteiger partial charge < -0.3 is 14.7 Å². The van der Waals surface area contributed by atoms with Crippen molar-refractivity contribution in [1.82, 2.24) is 4.98 Å². The number of rotatable bonds is 4. The number of carbonyl (C=O) groups is 1. The Morgan fingerprint density at radius 2 is 1.88 bits per heavy atom. The number of nitroso groups, excluding NO2 is 1. The van der Waals surface area contributed by atoms with E-state index in [2.05, 4.69) is 21.5 Å². The first kappa shape index (κ1) is 14.9. The van der Waals surface area contributed by atoms with Crippen molar-refractivity contribution in [3.8, 4) is 11.3 Å². The Morgan fingerprint density at radius 1 is 1.00 bits per heavy atom. The number of furan rings is 1. The summed E-state index contributed by atoms with van der Waals surface area (Å²) in [6.07, 6.45) is 0. The van der Waals surface area contributed by atoms with Gasteiger partial charge >= 0.3 is 0 Å². The predicted molar refractivity (Wildman–Crippen MR) is 95.9 cm³/mol. The number of benzene rings is 2. The van der Waals surface area contributed by atoms with Crippen LogP contribution in [0.1, 0.15) is 10.6 Å². The molecule has 2 aromatic heterocycles. The zero-order valence-electron chi connectivity index (χ0n) is 13.0. The van der Waals surface area contributed by atoms with Crippen molar-refractivity contribution < 1.29 is 9.21 Å². The molecule has 0 atom stereocenters. The molecule has 0 fully saturated rings. The van der Waals surface area contributed by atoms with Gasteiger partial charge in [-0.05, 0) is 30.3 Å². The fraction of sp³-hybridized carbons (Fsp3) is 0. The van der Waals surface area contributed by atoms with Crippen molar-refractivity contribution in [2.75, 3.05) is 5.32 Å². The molecule has 4 aromatic rings. The molecule has 2 N–H and O–H groups in total. The Labute approximate surface area is 142 Å². The van der Waals surface area contributed by atoms with E-state index in [9.17, 15) is 9.70 Å². The van der Waals surface area contributed by atoms with E-state index in [0.29, 0.717) is 5.69 Å². The zero-order chi connectivity index (χ0) is 17.2. The van der Waals surface area contributed by atoms with Crippen LogP contribution in [-0.4, -0.2) is 10.9 Å². The Kier molecular flexibility index (Phi) is 3.63. The molecule has 0 aliphatic rings. The SMILES string of the molecule is O=Nc1ccc(C(=O)Nc2cccc(-c3cc4ccccc4[nH]3)c2)o1. The first-order valence-corrected chi connectivity index (χ1v) is 7.66. The Bertz CT molecular complexity index is 1050. The largest absolute Gasteiger partial charge is 0.430 e. The fourth-order valence-corrected chi connectivity index (χ4v) is 2.68. The number of aromatic nitrogens is 1. The van der Waals surface area contributed by atoms with Crippen LogP contribution in [0, 0.1) is 4.91 Å². The topological polar surface area (TPSA) is 87.5 Å². The van der Waals surface area contributed by atoms with Gasteiger partial charge in [0.15, 0.2) is 5.76 Å². The van der Waals surface area contributed by atoms with Gasteiger partial charge in [-0.1, -0.05) is 30.3 Å². The lowest BCUT2D eigenvalue weighted by Gasteiger charge is -2.05. The number of amides is 1. The highest BCUT2D eigenvalue weighted by atomic mass is 16.4. The number of H-pyrrole nitrogens is 1. The number of fused-ring (bicyclic) bond motifs is 1. The molecule has 0 unspecified atom stereocenters. The van der Waals surface area contributed by atoms with Crippen LogP contribution in [0.3, 0.4) is 0 Å². The number of carbonyl (C=O) groups excluding carboxylic acids is 1. The summed E-state index contributed by atoms with van der Waals surface area (Å²) in [6, 6.07) is 20.3. The van der Waals surface area contributed by atoms with E-state index in [1.165, 1.54) is 12.1 Å². The second kappa shape index (κ2) is 6.09. The van der Waals surface area contributed by atoms with E-state index in [1.807, 2.05) is 42.5 Å². The van der Waals surface area contributed by atoms with Gasteiger partial charge in [-0.15, -0.1) is 4.91 Å². The van der Waals surface area contributed by atoms with Gasteiger partial charge in [0.05, 0.1) is 0 Å². The van der Waals surface area contributed by atoms with Crippen LogP contribution in [-0.2, 0) is 0 Å². The van der Waals surface area contributed by atoms with Crippen molar-refractivity contribution in [3.63, 3.8) is 0 Å². The number of hydrogen-bond donors (Lipinski definition) is 2. The minimum Gasteiger partial charge on any atom is -0.430 e. The molecule has 0 saturated carbocycles. The van der Waals surface area contributed by atoms with Crippen molar-refractivity contribution in [2.24, 2.45) is 5.18 Å². The highest BCUT2D eigenvalue weighted by Crippen LogP contribution is 2.26. The first-order chi connectivity index (χ1) is 12.2. The quantitative estimate of drug-likeness (QED) is 0.511. The molecule has 0 bridgehead atoms. The lowest BCUT2D eigenvalue weighted by atomic mass is 10.1. The third-order valence-corrected chi connectivity index (χ3v) is 3.87. The van der Waals surface area contributed by atoms with Crippen LogP contribution in [0.15, 0.2) is 76.3 Å². The van der Waals surface area contributed by atoms with E-state index in [4.69, 9.17) is 4.42 Å². The molecule has 0 saturated heterocycles. The van der Waals surface area contributed by atoms with Crippen LogP contribution >= 0.6 is 0 Å². The summed E-state index contributed by atoms with van der Waals surface area (Å²) in [6.45, 7) is 0. The molecular weight excluding hydrogens is 318 g/mol. The monoisotopic (exact) mass is 331 g/mol. The van der Waals surface area contributed by atoms with Gasteiger partial charge in [-0.3, -0.25) is 4.79 Å². The standard InChI is InChI=1S/C19H13N3O3/c23-19(17-8-9-18(22-24)25-17)20-14-6-3-5-12(10-14)16-11-13-4-1-2-7-15(13)21-16/h1-11,21H,(H,20,23). The summed E-state index contributed by atoms with van der Waals surface area (Å²) in [5.74, 6) is -0.536. The van der Waals surface area contributed by atoms with Crippen LogP contribution in [0.5, 0.6) is 0 Å². The van der Waals surface area contributed by atoms with Gasteiger partial charge in [-0.25, -0.2) is 0 Å². The predicted octanol–water partition coefficient (Wildman–Crippen LogP) is 5.08. The van der Waals surface area contributed by atoms with Crippen molar-refractivity contribution in [3.05, 3.63) is 77.4 Å². The van der Waals surface area contributed by atoms with Gasteiger partial charge in [0.1, 0.15) is 0 Å². The molecule has 4 rings (SSSR count). The first-order valence-electron chi connectivity index (χ1n) is 7.66. The van der Waals surface area contributed by atoms with Gasteiger partial charge in [0.2, 0.25) is 0 Å². The minimum atomic E-state index is -0.441. The zero-order valence-corrected chi connectivity index (χ0v) is 13.0. The second-order valence-electron chi connectivity index (χ2n) is 5.53. The number of para-hydroxylation sites is 1. The Hall–Kier alpha value is -3.67. The Balaban J connectivity index is 1.60. The van der Waals surface area contributed by atoms with Crippen LogP contribution in [0.25, 0.3) is 22.2 Å². The highest BCUT2D eigenvalue weighted by molar-refractivity contribution is 6.02. The molecule has 6 nitrogen and oxygen atoms in total. The van der Waals surface area contributed by atoms with E-state index < -0.39 is 5.91 Å². The maximum Gasteiger partial charge on any atom is 0.291 e. The number of aromatic amines is 1. The average molecular weight is 331 g/mol. The van der Waals surface area contributed by atoms with Crippen LogP contribution < -0.4 is 5.32 Å². The van der Waals surface area contributed by atoms with Crippen molar-refractivity contribution in [1.29, 1.82) is 0 Å². The molecule has 0 aliphatic heterocycles. The lowest BCUT2D eigenvalue weighted by molar-refractivity contribution is 0.0997. The normalized spacial score (nSPS) is 10.7. The number of hydrogen-bond acceptors (Lipinski definition) is 4. The number of nitrogens with zero attached hydrogens (tertiary/aromatic N) is 1. The van der Waals surface area contributed by atoms with Crippen LogP contribution in [0.2, 0.25) is 0 Å². The molecule has 1 amide bonds. The van der Waals surface area contributed by atoms with Crippen molar-refractivity contribution in [2.45, 2.75) is 0 Å². The van der Waals surface area contributed by atoms with Gasteiger partial charge in [-0.2, -0.15) is 0 Å². The lowest BCUT2D eigenvalue weighted by Crippen LogP contribution is -2.10. The molecule has 2 heterocycles. The summed E-state index contributed by atoms with van der Waals surface area (Å²) < 4.78 is 5.02.